The molecular weight excluding hydrogens is 284 g/mol. The first-order valence-electron chi connectivity index (χ1n) is 8.65. The van der Waals surface area contributed by atoms with Gasteiger partial charge in [0.2, 0.25) is 5.91 Å². The Morgan fingerprint density at radius 3 is 1.95 bits per heavy atom. The number of nitrogens with two attached hydrogens (primary N) is 1. The van der Waals surface area contributed by atoms with E-state index in [1.807, 2.05) is 0 Å². The summed E-state index contributed by atoms with van der Waals surface area (Å²) < 4.78 is 0. The molecule has 5 aliphatic rings. The summed E-state index contributed by atoms with van der Waals surface area (Å²) in [7, 11) is 0. The van der Waals surface area contributed by atoms with E-state index in [1.54, 1.807) is 0 Å². The molecule has 1 saturated heterocycles. The lowest BCUT2D eigenvalue weighted by atomic mass is 9.49. The van der Waals surface area contributed by atoms with E-state index in [9.17, 15) is 4.79 Å². The van der Waals surface area contributed by atoms with Crippen molar-refractivity contribution in [3.8, 4) is 0 Å². The van der Waals surface area contributed by atoms with Crippen molar-refractivity contribution in [2.24, 2.45) is 28.9 Å². The minimum atomic E-state index is 0. The Hall–Kier alpha value is -0.280. The summed E-state index contributed by atoms with van der Waals surface area (Å²) >= 11 is 0. The van der Waals surface area contributed by atoms with Gasteiger partial charge in [0.15, 0.2) is 0 Å². The first-order chi connectivity index (χ1) is 9.62. The quantitative estimate of drug-likeness (QED) is 0.852. The van der Waals surface area contributed by atoms with Crippen molar-refractivity contribution < 1.29 is 4.79 Å². The Balaban J connectivity index is 0.00000132. The van der Waals surface area contributed by atoms with Crippen LogP contribution in [-0.4, -0.2) is 29.9 Å². The van der Waals surface area contributed by atoms with Crippen molar-refractivity contribution in [1.29, 1.82) is 0 Å². The van der Waals surface area contributed by atoms with Crippen molar-refractivity contribution in [3.63, 3.8) is 0 Å². The normalized spacial score (nSPS) is 42.0. The monoisotopic (exact) mass is 312 g/mol. The maximum absolute atomic E-state index is 12.7. The molecule has 0 aromatic heterocycles. The molecule has 4 heteroatoms. The smallest absolute Gasteiger partial charge is 0.223 e. The maximum Gasteiger partial charge on any atom is 0.223 e. The molecule has 0 aromatic carbocycles. The van der Waals surface area contributed by atoms with Gasteiger partial charge in [-0.1, -0.05) is 0 Å². The van der Waals surface area contributed by atoms with E-state index in [1.165, 1.54) is 38.5 Å². The van der Waals surface area contributed by atoms with Crippen molar-refractivity contribution in [3.05, 3.63) is 0 Å². The third-order valence-corrected chi connectivity index (χ3v) is 6.58. The van der Waals surface area contributed by atoms with Crippen LogP contribution in [-0.2, 0) is 4.79 Å². The lowest BCUT2D eigenvalue weighted by Crippen LogP contribution is -2.50. The molecule has 0 aromatic rings. The van der Waals surface area contributed by atoms with E-state index in [4.69, 9.17) is 5.73 Å². The molecule has 4 bridgehead atoms. The van der Waals surface area contributed by atoms with Gasteiger partial charge in [0.05, 0.1) is 0 Å². The number of rotatable bonds is 2. The molecule has 3 nitrogen and oxygen atoms in total. The van der Waals surface area contributed by atoms with E-state index in [0.29, 0.717) is 17.4 Å². The second kappa shape index (κ2) is 5.73. The SMILES string of the molecule is Cl.NC1CCN(C(=O)CC23CC4CC(CC(C4)C2)C3)CC1. The standard InChI is InChI=1S/C17H28N2O.ClH/c18-15-1-3-19(4-2-15)16(20)11-17-8-12-5-13(9-17)7-14(6-12)10-17;/h12-15H,1-11,18H2;1H. The van der Waals surface area contributed by atoms with E-state index >= 15 is 0 Å². The number of piperidine rings is 1. The van der Waals surface area contributed by atoms with Crippen molar-refractivity contribution in [2.45, 2.75) is 63.8 Å². The molecule has 120 valence electrons. The van der Waals surface area contributed by atoms with Crippen LogP contribution in [0.3, 0.4) is 0 Å². The third kappa shape index (κ3) is 2.96. The fourth-order valence-corrected chi connectivity index (χ4v) is 6.09. The molecular formula is C17H29ClN2O. The Kier molecular flexibility index (Phi) is 4.26. The molecule has 0 unspecified atom stereocenters. The van der Waals surface area contributed by atoms with Gasteiger partial charge in [-0.25, -0.2) is 0 Å². The summed E-state index contributed by atoms with van der Waals surface area (Å²) in [6.07, 6.45) is 11.3. The van der Waals surface area contributed by atoms with Crippen LogP contribution in [0.2, 0.25) is 0 Å². The van der Waals surface area contributed by atoms with E-state index in [0.717, 1.165) is 50.1 Å². The van der Waals surface area contributed by atoms with Gasteiger partial charge in [-0.2, -0.15) is 0 Å². The van der Waals surface area contributed by atoms with Crippen LogP contribution in [0.4, 0.5) is 0 Å². The number of halogens is 1. The molecule has 0 radical (unpaired) electrons. The highest BCUT2D eigenvalue weighted by atomic mass is 35.5. The highest BCUT2D eigenvalue weighted by Crippen LogP contribution is 2.61. The zero-order valence-electron chi connectivity index (χ0n) is 12.9. The van der Waals surface area contributed by atoms with Crippen LogP contribution in [0, 0.1) is 23.2 Å². The fourth-order valence-electron chi connectivity index (χ4n) is 6.09. The molecule has 4 saturated carbocycles. The van der Waals surface area contributed by atoms with Crippen molar-refractivity contribution in [1.82, 2.24) is 4.90 Å². The van der Waals surface area contributed by atoms with Gasteiger partial charge in [-0.05, 0) is 74.5 Å². The number of hydrogen-bond donors (Lipinski definition) is 1. The predicted molar refractivity (Wildman–Crippen MR) is 86.3 cm³/mol. The van der Waals surface area contributed by atoms with Crippen LogP contribution >= 0.6 is 12.4 Å². The van der Waals surface area contributed by atoms with E-state index < -0.39 is 0 Å². The van der Waals surface area contributed by atoms with Crippen LogP contribution in [0.15, 0.2) is 0 Å². The number of likely N-dealkylation sites (tertiary alicyclic amines) is 1. The van der Waals surface area contributed by atoms with Gasteiger partial charge in [0.1, 0.15) is 0 Å². The molecule has 5 fully saturated rings. The van der Waals surface area contributed by atoms with Crippen LogP contribution in [0.25, 0.3) is 0 Å². The summed E-state index contributed by atoms with van der Waals surface area (Å²) in [4.78, 5) is 14.8. The molecule has 1 amide bonds. The number of carbonyl (C=O) groups excluding carboxylic acids is 1. The first kappa shape index (κ1) is 15.6. The molecule has 4 aliphatic carbocycles. The predicted octanol–water partition coefficient (Wildman–Crippen LogP) is 2.96. The topological polar surface area (TPSA) is 46.3 Å². The van der Waals surface area contributed by atoms with Crippen molar-refractivity contribution in [2.75, 3.05) is 13.1 Å². The fraction of sp³-hybridized carbons (Fsp3) is 0.941. The van der Waals surface area contributed by atoms with Gasteiger partial charge < -0.3 is 10.6 Å². The number of amides is 1. The van der Waals surface area contributed by atoms with Gasteiger partial charge in [-0.15, -0.1) is 12.4 Å². The van der Waals surface area contributed by atoms with Crippen LogP contribution < -0.4 is 5.73 Å². The van der Waals surface area contributed by atoms with Gasteiger partial charge in [0.25, 0.3) is 0 Å². The first-order valence-corrected chi connectivity index (χ1v) is 8.65. The molecule has 2 N–H and O–H groups in total. The van der Waals surface area contributed by atoms with Crippen molar-refractivity contribution >= 4 is 18.3 Å². The second-order valence-electron chi connectivity index (χ2n) is 8.31. The summed E-state index contributed by atoms with van der Waals surface area (Å²) in [6.45, 7) is 1.79. The number of nitrogens with zero attached hydrogens (tertiary/aromatic N) is 1. The summed E-state index contributed by atoms with van der Waals surface area (Å²) in [5, 5.41) is 0. The molecule has 1 aliphatic heterocycles. The number of carbonyl (C=O) groups is 1. The molecule has 5 rings (SSSR count). The van der Waals surface area contributed by atoms with Gasteiger partial charge >= 0.3 is 0 Å². The average Bonchev–Trinajstić information content (AvgIpc) is 2.37. The lowest BCUT2D eigenvalue weighted by molar-refractivity contribution is -0.140. The Labute approximate surface area is 134 Å². The zero-order valence-corrected chi connectivity index (χ0v) is 13.7. The highest BCUT2D eigenvalue weighted by Gasteiger charge is 2.51. The number of hydrogen-bond acceptors (Lipinski definition) is 2. The molecule has 1 heterocycles. The minimum Gasteiger partial charge on any atom is -0.343 e. The Morgan fingerprint density at radius 1 is 1.00 bits per heavy atom. The Morgan fingerprint density at radius 2 is 1.48 bits per heavy atom. The van der Waals surface area contributed by atoms with Crippen LogP contribution in [0.1, 0.15) is 57.8 Å². The summed E-state index contributed by atoms with van der Waals surface area (Å²) in [6, 6.07) is 0.318. The third-order valence-electron chi connectivity index (χ3n) is 6.58. The van der Waals surface area contributed by atoms with E-state index in [-0.39, 0.29) is 12.4 Å². The molecule has 0 spiro atoms. The molecule has 21 heavy (non-hydrogen) atoms. The maximum atomic E-state index is 12.7. The largest absolute Gasteiger partial charge is 0.343 e. The highest BCUT2D eigenvalue weighted by molar-refractivity contribution is 5.85. The molecule has 0 atom stereocenters. The van der Waals surface area contributed by atoms with Gasteiger partial charge in [-0.3, -0.25) is 4.79 Å². The van der Waals surface area contributed by atoms with E-state index in [2.05, 4.69) is 4.90 Å². The van der Waals surface area contributed by atoms with Gasteiger partial charge in [0, 0.05) is 25.6 Å². The average molecular weight is 313 g/mol. The lowest BCUT2D eigenvalue weighted by Gasteiger charge is -2.57. The second-order valence-corrected chi connectivity index (χ2v) is 8.31. The van der Waals surface area contributed by atoms with Crippen LogP contribution in [0.5, 0.6) is 0 Å². The minimum absolute atomic E-state index is 0. The summed E-state index contributed by atoms with van der Waals surface area (Å²) in [5.41, 5.74) is 6.34. The Bertz CT molecular complexity index is 368. The summed E-state index contributed by atoms with van der Waals surface area (Å²) in [5.74, 6) is 3.27. The zero-order chi connectivity index (χ0) is 13.7.